The maximum atomic E-state index is 6.67. The van der Waals surface area contributed by atoms with Gasteiger partial charge in [-0.15, -0.1) is 0 Å². The van der Waals surface area contributed by atoms with E-state index in [4.69, 9.17) is 6.42 Å². The summed E-state index contributed by atoms with van der Waals surface area (Å²) in [6.45, 7) is 2.06. The molecule has 0 aromatic carbocycles. The van der Waals surface area contributed by atoms with Gasteiger partial charge in [-0.3, -0.25) is 0 Å². The largest absolute Gasteiger partial charge is 1.00 e. The van der Waals surface area contributed by atoms with Crippen molar-refractivity contribution in [1.82, 2.24) is 0 Å². The van der Waals surface area contributed by atoms with Crippen LogP contribution < -0.4 is 18.9 Å². The molecule has 0 aliphatic heterocycles. The second kappa shape index (κ2) is 1.95. The van der Waals surface area contributed by atoms with Crippen molar-refractivity contribution in [3.63, 3.8) is 0 Å². The Morgan fingerprint density at radius 3 is 2.00 bits per heavy atom. The molecular weight excluding hydrogens is 79.0 g/mol. The van der Waals surface area contributed by atoms with Gasteiger partial charge in [0, 0.05) is 0 Å². The van der Waals surface area contributed by atoms with Crippen LogP contribution in [0.25, 0.3) is 0 Å². The van der Waals surface area contributed by atoms with Gasteiger partial charge in [0.25, 0.3) is 0 Å². The molecule has 1 saturated carbocycles. The molecule has 1 aliphatic rings. The van der Waals surface area contributed by atoms with Crippen LogP contribution in [0.1, 0.15) is 19.8 Å². The van der Waals surface area contributed by atoms with Crippen molar-refractivity contribution in [2.24, 2.45) is 5.41 Å². The third kappa shape index (κ3) is 1.60. The van der Waals surface area contributed by atoms with Gasteiger partial charge in [0.2, 0.25) is 0 Å². The molecule has 0 aromatic heterocycles. The van der Waals surface area contributed by atoms with E-state index in [1.54, 1.807) is 0 Å². The summed E-state index contributed by atoms with van der Waals surface area (Å²) in [5.41, 5.74) is 0.208. The predicted molar refractivity (Wildman–Crippen MR) is 24.5 cm³/mol. The normalized spacial score (nSPS) is 21.7. The Morgan fingerprint density at radius 2 is 2.00 bits per heavy atom. The summed E-state index contributed by atoms with van der Waals surface area (Å²) in [7, 11) is 0. The quantitative estimate of drug-likeness (QED) is 0.189. The first kappa shape index (κ1) is 7.16. The standard InChI is InChI=1S/C6H7.Li/c1-3-6(2)4-5-6;/h4-5H2,2H3;/q-1;+1. The van der Waals surface area contributed by atoms with Gasteiger partial charge >= 0.3 is 18.9 Å². The first-order valence-corrected chi connectivity index (χ1v) is 2.21. The van der Waals surface area contributed by atoms with Crippen LogP contribution in [0.3, 0.4) is 0 Å². The fourth-order valence-corrected chi connectivity index (χ4v) is 0.312. The Hall–Kier alpha value is 0.157. The molecule has 0 atom stereocenters. The molecule has 7 heavy (non-hydrogen) atoms. The minimum atomic E-state index is 0. The molecule has 32 valence electrons. The van der Waals surface area contributed by atoms with E-state index in [1.165, 1.54) is 12.8 Å². The van der Waals surface area contributed by atoms with Crippen LogP contribution in [0.15, 0.2) is 0 Å². The Morgan fingerprint density at radius 1 is 1.57 bits per heavy atom. The van der Waals surface area contributed by atoms with Crippen molar-refractivity contribution in [2.75, 3.05) is 0 Å². The van der Waals surface area contributed by atoms with E-state index in [0.29, 0.717) is 0 Å². The van der Waals surface area contributed by atoms with E-state index in [9.17, 15) is 0 Å². The Labute approximate surface area is 56.9 Å². The number of rotatable bonds is 0. The van der Waals surface area contributed by atoms with Crippen LogP contribution in [0.2, 0.25) is 0 Å². The van der Waals surface area contributed by atoms with Crippen LogP contribution in [0.4, 0.5) is 0 Å². The Kier molecular flexibility index (Phi) is 2.00. The molecule has 0 aromatic rings. The monoisotopic (exact) mass is 86.1 g/mol. The summed E-state index contributed by atoms with van der Waals surface area (Å²) < 4.78 is 0. The molecule has 0 saturated heterocycles. The van der Waals surface area contributed by atoms with Crippen molar-refractivity contribution in [2.45, 2.75) is 19.8 Å². The molecule has 0 heterocycles. The van der Waals surface area contributed by atoms with Gasteiger partial charge < -0.3 is 12.3 Å². The van der Waals surface area contributed by atoms with Crippen LogP contribution in [-0.4, -0.2) is 0 Å². The fraction of sp³-hybridized carbons (Fsp3) is 0.667. The van der Waals surface area contributed by atoms with Crippen molar-refractivity contribution in [3.8, 4) is 5.92 Å². The first-order chi connectivity index (χ1) is 2.77. The molecule has 1 fully saturated rings. The summed E-state index contributed by atoms with van der Waals surface area (Å²) in [6.07, 6.45) is 9.02. The van der Waals surface area contributed by atoms with Crippen LogP contribution in [0.5, 0.6) is 0 Å². The van der Waals surface area contributed by atoms with E-state index in [1.807, 2.05) is 0 Å². The number of hydrogen-bond donors (Lipinski definition) is 0. The van der Waals surface area contributed by atoms with E-state index in [0.717, 1.165) is 0 Å². The van der Waals surface area contributed by atoms with Gasteiger partial charge in [0.05, 0.1) is 0 Å². The van der Waals surface area contributed by atoms with E-state index in [-0.39, 0.29) is 24.3 Å². The van der Waals surface area contributed by atoms with Gasteiger partial charge in [-0.05, 0) is 18.3 Å². The molecule has 0 unspecified atom stereocenters. The first-order valence-electron chi connectivity index (χ1n) is 2.21. The summed E-state index contributed by atoms with van der Waals surface area (Å²) in [5.74, 6) is 2.47. The average molecular weight is 86.1 g/mol. The summed E-state index contributed by atoms with van der Waals surface area (Å²) in [5, 5.41) is 0. The molecule has 0 bridgehead atoms. The molecule has 1 rings (SSSR count). The Bertz CT molecular complexity index is 95.2. The van der Waals surface area contributed by atoms with Crippen molar-refractivity contribution >= 4 is 0 Å². The smallest absolute Gasteiger partial charge is 0.693 e. The van der Waals surface area contributed by atoms with Gasteiger partial charge in [-0.25, -0.2) is 0 Å². The molecule has 1 heteroatoms. The molecule has 1 aliphatic carbocycles. The van der Waals surface area contributed by atoms with Gasteiger partial charge in [0.1, 0.15) is 0 Å². The zero-order valence-electron chi connectivity index (χ0n) is 4.91. The third-order valence-corrected chi connectivity index (χ3v) is 1.30. The molecule has 0 nitrogen and oxygen atoms in total. The molecular formula is C6H7Li. The molecule has 0 N–H and O–H groups in total. The van der Waals surface area contributed by atoms with E-state index in [2.05, 4.69) is 12.8 Å². The topological polar surface area (TPSA) is 0 Å². The second-order valence-corrected chi connectivity index (χ2v) is 2.19. The van der Waals surface area contributed by atoms with E-state index >= 15 is 0 Å². The minimum absolute atomic E-state index is 0. The van der Waals surface area contributed by atoms with Crippen LogP contribution in [0, 0.1) is 17.8 Å². The third-order valence-electron chi connectivity index (χ3n) is 1.30. The maximum Gasteiger partial charge on any atom is 1.00 e. The predicted octanol–water partition coefficient (Wildman–Crippen LogP) is -1.62. The zero-order chi connectivity index (χ0) is 4.62. The van der Waals surface area contributed by atoms with Gasteiger partial charge in [0.15, 0.2) is 0 Å². The zero-order valence-corrected chi connectivity index (χ0v) is 4.91. The van der Waals surface area contributed by atoms with Gasteiger partial charge in [-0.2, -0.15) is 0 Å². The van der Waals surface area contributed by atoms with Crippen molar-refractivity contribution in [1.29, 1.82) is 0 Å². The van der Waals surface area contributed by atoms with E-state index < -0.39 is 0 Å². The van der Waals surface area contributed by atoms with Crippen LogP contribution in [-0.2, 0) is 0 Å². The number of hydrogen-bond acceptors (Lipinski definition) is 0. The fourth-order valence-electron chi connectivity index (χ4n) is 0.312. The second-order valence-electron chi connectivity index (χ2n) is 2.19. The SMILES string of the molecule is [C-]#CC1(C)CC1.[Li+]. The average Bonchev–Trinajstić information content (AvgIpc) is 2.22. The molecule has 0 spiro atoms. The van der Waals surface area contributed by atoms with Crippen molar-refractivity contribution in [3.05, 3.63) is 6.42 Å². The minimum Gasteiger partial charge on any atom is -0.693 e. The Balaban J connectivity index is 0.000000360. The van der Waals surface area contributed by atoms with Crippen LogP contribution >= 0.6 is 0 Å². The summed E-state index contributed by atoms with van der Waals surface area (Å²) in [6, 6.07) is 0. The molecule has 0 amide bonds. The summed E-state index contributed by atoms with van der Waals surface area (Å²) >= 11 is 0. The maximum absolute atomic E-state index is 6.67. The summed E-state index contributed by atoms with van der Waals surface area (Å²) in [4.78, 5) is 0. The van der Waals surface area contributed by atoms with Gasteiger partial charge in [-0.1, -0.05) is 6.92 Å². The molecule has 0 radical (unpaired) electrons. The van der Waals surface area contributed by atoms with Crippen molar-refractivity contribution < 1.29 is 18.9 Å².